The highest BCUT2D eigenvalue weighted by Crippen LogP contribution is 2.36. The van der Waals surface area contributed by atoms with Crippen molar-refractivity contribution < 1.29 is 24.0 Å². The molecule has 0 radical (unpaired) electrons. The predicted octanol–water partition coefficient (Wildman–Crippen LogP) is 5.00. The zero-order valence-electron chi connectivity index (χ0n) is 17.8. The van der Waals surface area contributed by atoms with Crippen LogP contribution < -0.4 is 4.74 Å². The Balaban J connectivity index is 2.19. The monoisotopic (exact) mass is 386 g/mol. The van der Waals surface area contributed by atoms with Crippen LogP contribution in [0.15, 0.2) is 41.5 Å². The van der Waals surface area contributed by atoms with Crippen molar-refractivity contribution in [2.45, 2.75) is 53.8 Å². The van der Waals surface area contributed by atoms with Gasteiger partial charge < -0.3 is 9.47 Å². The molecule has 0 N–H and O–H groups in total. The third-order valence-electron chi connectivity index (χ3n) is 4.90. The lowest BCUT2D eigenvalue weighted by molar-refractivity contribution is -0.336. The quantitative estimate of drug-likeness (QED) is 0.226. The second-order valence-electron chi connectivity index (χ2n) is 7.00. The number of aryl methyl sites for hydroxylation is 1. The number of hydrogen-bond donors (Lipinski definition) is 0. The molecule has 1 aromatic carbocycles. The fourth-order valence-electron chi connectivity index (χ4n) is 3.24. The normalized spacial score (nSPS) is 20.2. The molecule has 0 saturated carbocycles. The van der Waals surface area contributed by atoms with Gasteiger partial charge >= 0.3 is 5.97 Å². The van der Waals surface area contributed by atoms with Gasteiger partial charge in [0.25, 0.3) is 0 Å². The van der Waals surface area contributed by atoms with Crippen LogP contribution in [0.1, 0.15) is 49.1 Å². The van der Waals surface area contributed by atoms with E-state index in [0.717, 1.165) is 39.1 Å². The molecule has 1 aliphatic rings. The Bertz CT molecular complexity index is 817. The summed E-state index contributed by atoms with van der Waals surface area (Å²) in [6.07, 6.45) is 6.65. The van der Waals surface area contributed by atoms with Crippen molar-refractivity contribution >= 4 is 5.97 Å². The minimum atomic E-state index is -0.349. The van der Waals surface area contributed by atoms with Gasteiger partial charge in [-0.25, -0.2) is 14.6 Å². The summed E-state index contributed by atoms with van der Waals surface area (Å²) in [4.78, 5) is 22.8. The van der Waals surface area contributed by atoms with E-state index in [1.807, 2.05) is 45.9 Å². The summed E-state index contributed by atoms with van der Waals surface area (Å²) in [5.74, 6) is 0.527. The summed E-state index contributed by atoms with van der Waals surface area (Å²) in [6, 6.07) is 2.03. The molecular formula is C23H30O5. The van der Waals surface area contributed by atoms with Gasteiger partial charge in [0.05, 0.1) is 13.7 Å². The predicted molar refractivity (Wildman–Crippen MR) is 109 cm³/mol. The van der Waals surface area contributed by atoms with Crippen molar-refractivity contribution in [3.8, 4) is 5.75 Å². The topological polar surface area (TPSA) is 54.0 Å². The Kier molecular flexibility index (Phi) is 7.61. The van der Waals surface area contributed by atoms with Crippen molar-refractivity contribution in [1.29, 1.82) is 0 Å². The van der Waals surface area contributed by atoms with Gasteiger partial charge in [-0.15, -0.1) is 0 Å². The molecule has 5 heteroatoms. The van der Waals surface area contributed by atoms with Crippen LogP contribution >= 0.6 is 0 Å². The minimum Gasteiger partial charge on any atom is -0.496 e. The number of esters is 1. The zero-order chi connectivity index (χ0) is 20.8. The first-order valence-corrected chi connectivity index (χ1v) is 9.46. The number of ether oxygens (including phenoxy) is 2. The van der Waals surface area contributed by atoms with Gasteiger partial charge in [-0.3, -0.25) is 0 Å². The number of rotatable bonds is 6. The summed E-state index contributed by atoms with van der Waals surface area (Å²) in [5, 5.41) is 0. The molecule has 152 valence electrons. The van der Waals surface area contributed by atoms with Gasteiger partial charge in [-0.1, -0.05) is 6.08 Å². The largest absolute Gasteiger partial charge is 0.496 e. The second-order valence-corrected chi connectivity index (χ2v) is 7.00. The number of carbonyl (C=O) groups is 1. The summed E-state index contributed by atoms with van der Waals surface area (Å²) in [7, 11) is 1.68. The number of hydrogen-bond acceptors (Lipinski definition) is 5. The maximum absolute atomic E-state index is 11.5. The number of allylic oxidation sites excluding steroid dienone is 2. The van der Waals surface area contributed by atoms with E-state index in [1.54, 1.807) is 14.0 Å². The first-order valence-electron chi connectivity index (χ1n) is 9.46. The molecule has 1 heterocycles. The lowest BCUT2D eigenvalue weighted by atomic mass is 9.92. The van der Waals surface area contributed by atoms with Crippen LogP contribution in [0.5, 0.6) is 5.75 Å². The Labute approximate surface area is 167 Å². The molecule has 0 amide bonds. The van der Waals surface area contributed by atoms with E-state index in [2.05, 4.69) is 13.0 Å². The molecule has 28 heavy (non-hydrogen) atoms. The number of methoxy groups -OCH3 is 1. The minimum absolute atomic E-state index is 0.273. The van der Waals surface area contributed by atoms with Gasteiger partial charge in [-0.2, -0.15) is 0 Å². The third kappa shape index (κ3) is 5.12. The standard InChI is InChI=1S/C23H30O5/c1-8-26-22(24)11-14(2)9-10-19-15(3)12-21(28-27-19)23-16(4)13-20(25-7)17(5)18(23)6/h9-13,19,21H,8H2,1-7H3/b10-9+,14-11+. The fraction of sp³-hybridized carbons (Fsp3) is 0.435. The average molecular weight is 386 g/mol. The van der Waals surface area contributed by atoms with Gasteiger partial charge in [0.1, 0.15) is 18.0 Å². The van der Waals surface area contributed by atoms with Crippen LogP contribution in [0.25, 0.3) is 0 Å². The van der Waals surface area contributed by atoms with Crippen LogP contribution in [0.4, 0.5) is 0 Å². The molecule has 0 aromatic heterocycles. The van der Waals surface area contributed by atoms with Crippen LogP contribution in [-0.4, -0.2) is 25.8 Å². The first kappa shape index (κ1) is 21.9. The van der Waals surface area contributed by atoms with E-state index in [-0.39, 0.29) is 18.2 Å². The van der Waals surface area contributed by atoms with Crippen LogP contribution in [-0.2, 0) is 19.3 Å². The molecule has 5 nitrogen and oxygen atoms in total. The van der Waals surface area contributed by atoms with E-state index in [1.165, 1.54) is 6.08 Å². The van der Waals surface area contributed by atoms with Crippen LogP contribution in [0.3, 0.4) is 0 Å². The summed E-state index contributed by atoms with van der Waals surface area (Å²) in [5.41, 5.74) is 6.26. The summed E-state index contributed by atoms with van der Waals surface area (Å²) < 4.78 is 10.4. The maximum Gasteiger partial charge on any atom is 0.330 e. The van der Waals surface area contributed by atoms with Gasteiger partial charge in [0, 0.05) is 6.08 Å². The molecule has 0 bridgehead atoms. The lowest BCUT2D eigenvalue weighted by Gasteiger charge is -2.28. The molecule has 0 fully saturated rings. The molecule has 1 aliphatic heterocycles. The summed E-state index contributed by atoms with van der Waals surface area (Å²) >= 11 is 0. The number of benzene rings is 1. The molecule has 0 spiro atoms. The Morgan fingerprint density at radius 1 is 1.18 bits per heavy atom. The number of carbonyl (C=O) groups excluding carboxylic acids is 1. The smallest absolute Gasteiger partial charge is 0.330 e. The molecule has 1 aromatic rings. The Morgan fingerprint density at radius 2 is 1.89 bits per heavy atom. The van der Waals surface area contributed by atoms with Gasteiger partial charge in [-0.05, 0) is 93.2 Å². The van der Waals surface area contributed by atoms with Crippen molar-refractivity contribution in [2.75, 3.05) is 13.7 Å². The van der Waals surface area contributed by atoms with Gasteiger partial charge in [0.15, 0.2) is 0 Å². The highest BCUT2D eigenvalue weighted by atomic mass is 17.2. The zero-order valence-corrected chi connectivity index (χ0v) is 17.8. The van der Waals surface area contributed by atoms with Crippen LogP contribution in [0.2, 0.25) is 0 Å². The molecule has 0 saturated heterocycles. The molecule has 2 atom stereocenters. The van der Waals surface area contributed by atoms with Gasteiger partial charge in [0.2, 0.25) is 0 Å². The Morgan fingerprint density at radius 3 is 2.50 bits per heavy atom. The SMILES string of the molecule is CCOC(=O)/C=C(C)/C=C/C1OOC(c2c(C)cc(OC)c(C)c2C)C=C1C. The second kappa shape index (κ2) is 9.71. The highest BCUT2D eigenvalue weighted by Gasteiger charge is 2.25. The van der Waals surface area contributed by atoms with E-state index in [4.69, 9.17) is 19.2 Å². The molecule has 2 unspecified atom stereocenters. The molecular weight excluding hydrogens is 356 g/mol. The van der Waals surface area contributed by atoms with E-state index in [0.29, 0.717) is 6.61 Å². The molecule has 2 rings (SSSR count). The lowest BCUT2D eigenvalue weighted by Crippen LogP contribution is -2.21. The van der Waals surface area contributed by atoms with Crippen molar-refractivity contribution in [3.05, 3.63) is 63.8 Å². The van der Waals surface area contributed by atoms with Crippen LogP contribution in [0, 0.1) is 20.8 Å². The van der Waals surface area contributed by atoms with Crippen molar-refractivity contribution in [3.63, 3.8) is 0 Å². The van der Waals surface area contributed by atoms with E-state index in [9.17, 15) is 4.79 Å². The fourth-order valence-corrected chi connectivity index (χ4v) is 3.24. The third-order valence-corrected chi connectivity index (χ3v) is 4.90. The van der Waals surface area contributed by atoms with Crippen molar-refractivity contribution in [2.24, 2.45) is 0 Å². The van der Waals surface area contributed by atoms with E-state index < -0.39 is 0 Å². The van der Waals surface area contributed by atoms with Crippen molar-refractivity contribution in [1.82, 2.24) is 0 Å². The summed E-state index contributed by atoms with van der Waals surface area (Å²) in [6.45, 7) is 12.2. The average Bonchev–Trinajstić information content (AvgIpc) is 2.64. The van der Waals surface area contributed by atoms with E-state index >= 15 is 0 Å². The maximum atomic E-state index is 11.5. The first-order chi connectivity index (χ1) is 13.3. The Hall–Kier alpha value is -2.37. The molecule has 0 aliphatic carbocycles. The highest BCUT2D eigenvalue weighted by molar-refractivity contribution is 5.83.